The Bertz CT molecular complexity index is 783. The molecular formula is C16H17ClIN5O. The predicted octanol–water partition coefficient (Wildman–Crippen LogP) is 3.50. The van der Waals surface area contributed by atoms with E-state index in [1.54, 1.807) is 23.1 Å². The van der Waals surface area contributed by atoms with Crippen LogP contribution in [-0.4, -0.2) is 32.4 Å². The van der Waals surface area contributed by atoms with Crippen LogP contribution in [0.15, 0.2) is 42.7 Å². The molecule has 2 heterocycles. The van der Waals surface area contributed by atoms with Crippen molar-refractivity contribution in [3.8, 4) is 11.3 Å². The average molecular weight is 458 g/mol. The Hall–Kier alpha value is -1.87. The van der Waals surface area contributed by atoms with Crippen LogP contribution in [0.5, 0.6) is 0 Å². The molecule has 0 aliphatic rings. The number of carbonyl (C=O) groups excluding carboxylic acids is 1. The summed E-state index contributed by atoms with van der Waals surface area (Å²) in [6, 6.07) is 9.76. The van der Waals surface area contributed by atoms with Crippen molar-refractivity contribution in [1.29, 1.82) is 0 Å². The molecule has 0 aliphatic heterocycles. The number of amides is 1. The summed E-state index contributed by atoms with van der Waals surface area (Å²) >= 11 is 8.31. The van der Waals surface area contributed by atoms with Crippen molar-refractivity contribution in [2.45, 2.75) is 6.92 Å². The molecule has 24 heavy (non-hydrogen) atoms. The van der Waals surface area contributed by atoms with Crippen molar-refractivity contribution in [2.75, 3.05) is 6.54 Å². The van der Waals surface area contributed by atoms with E-state index in [-0.39, 0.29) is 5.91 Å². The number of halogens is 2. The first-order valence-corrected chi connectivity index (χ1v) is 8.69. The van der Waals surface area contributed by atoms with Crippen LogP contribution in [0.2, 0.25) is 5.02 Å². The fraction of sp³-hybridized carbons (Fsp3) is 0.188. The molecule has 1 amide bonds. The third kappa shape index (κ3) is 5.07. The second-order valence-corrected chi connectivity index (χ2v) is 6.49. The van der Waals surface area contributed by atoms with Crippen LogP contribution in [0.4, 0.5) is 0 Å². The standard InChI is InChI=1S/C10H8ClIN2.C6H9N3O/c1-14-6-9(11)10(13-14)7-2-4-8(12)5-3-7;1-2-7-6(10)5-3-4-8-9-5/h2-6H,1H3;3-4H,2H2,1H3,(H,7,10)(H,8,9). The minimum atomic E-state index is -0.111. The molecular weight excluding hydrogens is 441 g/mol. The summed E-state index contributed by atoms with van der Waals surface area (Å²) in [6.45, 7) is 2.51. The number of aromatic amines is 1. The molecule has 3 rings (SSSR count). The average Bonchev–Trinajstić information content (AvgIpc) is 3.19. The molecule has 0 atom stereocenters. The summed E-state index contributed by atoms with van der Waals surface area (Å²) in [5.74, 6) is -0.111. The van der Waals surface area contributed by atoms with E-state index in [4.69, 9.17) is 11.6 Å². The molecule has 0 spiro atoms. The summed E-state index contributed by atoms with van der Waals surface area (Å²) in [5.41, 5.74) is 2.39. The summed E-state index contributed by atoms with van der Waals surface area (Å²) in [5, 5.41) is 13.8. The molecule has 8 heteroatoms. The van der Waals surface area contributed by atoms with Crippen LogP contribution in [0, 0.1) is 3.57 Å². The minimum Gasteiger partial charge on any atom is -0.351 e. The number of H-pyrrole nitrogens is 1. The zero-order valence-electron chi connectivity index (χ0n) is 13.3. The van der Waals surface area contributed by atoms with E-state index in [0.29, 0.717) is 17.3 Å². The molecule has 6 nitrogen and oxygen atoms in total. The lowest BCUT2D eigenvalue weighted by atomic mass is 10.2. The Balaban J connectivity index is 0.000000185. The van der Waals surface area contributed by atoms with Gasteiger partial charge in [-0.3, -0.25) is 14.6 Å². The van der Waals surface area contributed by atoms with Crippen LogP contribution in [0.3, 0.4) is 0 Å². The molecule has 3 aromatic rings. The van der Waals surface area contributed by atoms with Crippen LogP contribution in [0.25, 0.3) is 11.3 Å². The molecule has 126 valence electrons. The molecule has 0 radical (unpaired) electrons. The predicted molar refractivity (Wildman–Crippen MR) is 103 cm³/mol. The number of nitrogens with one attached hydrogen (secondary N) is 2. The molecule has 0 saturated heterocycles. The van der Waals surface area contributed by atoms with E-state index >= 15 is 0 Å². The maximum Gasteiger partial charge on any atom is 0.269 e. The molecule has 0 aliphatic carbocycles. The van der Waals surface area contributed by atoms with Crippen LogP contribution in [0.1, 0.15) is 17.4 Å². The van der Waals surface area contributed by atoms with Crippen molar-refractivity contribution in [2.24, 2.45) is 7.05 Å². The summed E-state index contributed by atoms with van der Waals surface area (Å²) in [4.78, 5) is 10.9. The topological polar surface area (TPSA) is 75.6 Å². The van der Waals surface area contributed by atoms with Crippen molar-refractivity contribution in [3.05, 3.63) is 57.0 Å². The summed E-state index contributed by atoms with van der Waals surface area (Å²) < 4.78 is 2.92. The van der Waals surface area contributed by atoms with E-state index in [0.717, 1.165) is 11.3 Å². The molecule has 0 saturated carbocycles. The van der Waals surface area contributed by atoms with Gasteiger partial charge in [0.05, 0.1) is 5.02 Å². The highest BCUT2D eigenvalue weighted by molar-refractivity contribution is 14.1. The monoisotopic (exact) mass is 457 g/mol. The third-order valence-corrected chi connectivity index (χ3v) is 3.98. The zero-order chi connectivity index (χ0) is 17.5. The van der Waals surface area contributed by atoms with Gasteiger partial charge in [-0.1, -0.05) is 23.7 Å². The number of hydrogen-bond acceptors (Lipinski definition) is 3. The summed E-state index contributed by atoms with van der Waals surface area (Å²) in [6.07, 6.45) is 3.35. The molecule has 0 unspecified atom stereocenters. The fourth-order valence-corrected chi connectivity index (χ4v) is 2.55. The minimum absolute atomic E-state index is 0.111. The van der Waals surface area contributed by atoms with Gasteiger partial charge in [0.25, 0.3) is 5.91 Å². The van der Waals surface area contributed by atoms with Gasteiger partial charge in [-0.25, -0.2) is 0 Å². The van der Waals surface area contributed by atoms with Gasteiger partial charge in [0, 0.05) is 35.1 Å². The number of carbonyl (C=O) groups is 1. The van der Waals surface area contributed by atoms with Crippen molar-refractivity contribution < 1.29 is 4.79 Å². The lowest BCUT2D eigenvalue weighted by Gasteiger charge is -1.97. The van der Waals surface area contributed by atoms with Gasteiger partial charge < -0.3 is 5.32 Å². The Morgan fingerprint density at radius 2 is 2.04 bits per heavy atom. The SMILES string of the molecule is CCNC(=O)c1ccn[nH]1.Cn1cc(Cl)c(-c2ccc(I)cc2)n1. The normalized spacial score (nSPS) is 10.0. The first-order valence-electron chi connectivity index (χ1n) is 7.24. The second kappa shape index (κ2) is 8.84. The van der Waals surface area contributed by atoms with Crippen LogP contribution in [-0.2, 0) is 7.05 Å². The van der Waals surface area contributed by atoms with Gasteiger partial charge in [0.1, 0.15) is 11.4 Å². The van der Waals surface area contributed by atoms with Gasteiger partial charge in [-0.05, 0) is 47.7 Å². The number of benzene rings is 1. The molecule has 2 aromatic heterocycles. The lowest BCUT2D eigenvalue weighted by Crippen LogP contribution is -2.22. The highest BCUT2D eigenvalue weighted by Crippen LogP contribution is 2.26. The fourth-order valence-electron chi connectivity index (χ4n) is 1.90. The Morgan fingerprint density at radius 1 is 1.33 bits per heavy atom. The highest BCUT2D eigenvalue weighted by atomic mass is 127. The Labute approximate surface area is 158 Å². The molecule has 2 N–H and O–H groups in total. The third-order valence-electron chi connectivity index (χ3n) is 2.98. The quantitative estimate of drug-likeness (QED) is 0.591. The Kier molecular flexibility index (Phi) is 6.80. The van der Waals surface area contributed by atoms with E-state index < -0.39 is 0 Å². The van der Waals surface area contributed by atoms with Crippen molar-refractivity contribution in [1.82, 2.24) is 25.3 Å². The van der Waals surface area contributed by atoms with Crippen LogP contribution >= 0.6 is 34.2 Å². The van der Waals surface area contributed by atoms with E-state index in [2.05, 4.69) is 43.2 Å². The van der Waals surface area contributed by atoms with E-state index in [9.17, 15) is 4.79 Å². The largest absolute Gasteiger partial charge is 0.351 e. The smallest absolute Gasteiger partial charge is 0.269 e. The number of hydrogen-bond donors (Lipinski definition) is 2. The number of nitrogens with zero attached hydrogens (tertiary/aromatic N) is 3. The van der Waals surface area contributed by atoms with Gasteiger partial charge in [0.2, 0.25) is 0 Å². The van der Waals surface area contributed by atoms with E-state index in [1.807, 2.05) is 38.2 Å². The molecule has 0 bridgehead atoms. The van der Waals surface area contributed by atoms with E-state index in [1.165, 1.54) is 3.57 Å². The van der Waals surface area contributed by atoms with Gasteiger partial charge in [-0.2, -0.15) is 10.2 Å². The maximum absolute atomic E-state index is 10.9. The van der Waals surface area contributed by atoms with Gasteiger partial charge >= 0.3 is 0 Å². The second-order valence-electron chi connectivity index (χ2n) is 4.84. The number of rotatable bonds is 3. The first kappa shape index (κ1) is 18.5. The van der Waals surface area contributed by atoms with Gasteiger partial charge in [-0.15, -0.1) is 0 Å². The highest BCUT2D eigenvalue weighted by Gasteiger charge is 2.07. The first-order chi connectivity index (χ1) is 11.5. The number of aromatic nitrogens is 4. The number of aryl methyl sites for hydroxylation is 1. The molecule has 1 aromatic carbocycles. The summed E-state index contributed by atoms with van der Waals surface area (Å²) in [7, 11) is 1.86. The van der Waals surface area contributed by atoms with Gasteiger partial charge in [0.15, 0.2) is 0 Å². The maximum atomic E-state index is 10.9. The zero-order valence-corrected chi connectivity index (χ0v) is 16.2. The Morgan fingerprint density at radius 3 is 2.54 bits per heavy atom. The lowest BCUT2D eigenvalue weighted by molar-refractivity contribution is 0.0951. The van der Waals surface area contributed by atoms with Crippen LogP contribution < -0.4 is 5.32 Å². The van der Waals surface area contributed by atoms with Crippen molar-refractivity contribution >= 4 is 40.1 Å². The van der Waals surface area contributed by atoms with Crippen molar-refractivity contribution in [3.63, 3.8) is 0 Å². The molecule has 0 fully saturated rings.